The maximum Gasteiger partial charge on any atom is 0.144 e. The molecule has 2 unspecified atom stereocenters. The Labute approximate surface area is 113 Å². The van der Waals surface area contributed by atoms with Crippen LogP contribution in [0.2, 0.25) is 0 Å². The zero-order chi connectivity index (χ0) is 13.4. The predicted octanol–water partition coefficient (Wildman–Crippen LogP) is 2.87. The molecule has 1 aromatic carbocycles. The minimum Gasteiger partial charge on any atom is -0.494 e. The van der Waals surface area contributed by atoms with E-state index in [1.165, 1.54) is 25.0 Å². The fourth-order valence-corrected chi connectivity index (χ4v) is 3.08. The van der Waals surface area contributed by atoms with Crippen molar-refractivity contribution in [1.82, 2.24) is 4.90 Å². The second-order valence-corrected chi connectivity index (χ2v) is 5.70. The molecule has 0 spiro atoms. The smallest absolute Gasteiger partial charge is 0.144 e. The van der Waals surface area contributed by atoms with E-state index in [2.05, 4.69) is 17.1 Å². The molecule has 3 rings (SSSR count). The molecular weight excluding hydrogens is 243 g/mol. The minimum absolute atomic E-state index is 0.262. The van der Waals surface area contributed by atoms with Gasteiger partial charge in [-0.3, -0.25) is 4.90 Å². The van der Waals surface area contributed by atoms with Crippen LogP contribution in [-0.2, 0) is 0 Å². The molecule has 3 nitrogen and oxygen atoms in total. The number of methoxy groups -OCH3 is 1. The lowest BCUT2D eigenvalue weighted by Crippen LogP contribution is -2.31. The van der Waals surface area contributed by atoms with Crippen molar-refractivity contribution in [3.05, 3.63) is 24.0 Å². The topological polar surface area (TPSA) is 24.5 Å². The molecule has 2 aliphatic rings. The molecule has 0 radical (unpaired) electrons. The number of nitrogens with one attached hydrogen (secondary N) is 1. The van der Waals surface area contributed by atoms with E-state index >= 15 is 0 Å². The summed E-state index contributed by atoms with van der Waals surface area (Å²) < 4.78 is 18.4. The van der Waals surface area contributed by atoms with Crippen molar-refractivity contribution >= 4 is 5.69 Å². The molecule has 0 bridgehead atoms. The van der Waals surface area contributed by atoms with Gasteiger partial charge in [-0.25, -0.2) is 4.39 Å². The number of hydrogen-bond acceptors (Lipinski definition) is 3. The molecule has 1 aromatic rings. The number of rotatable bonds is 4. The quantitative estimate of drug-likeness (QED) is 0.905. The van der Waals surface area contributed by atoms with E-state index in [0.29, 0.717) is 17.8 Å². The first-order valence-electron chi connectivity index (χ1n) is 7.03. The molecule has 1 heterocycles. The monoisotopic (exact) mass is 264 g/mol. The average Bonchev–Trinajstić information content (AvgIpc) is 3.16. The highest BCUT2D eigenvalue weighted by Crippen LogP contribution is 2.35. The second kappa shape index (κ2) is 5.00. The summed E-state index contributed by atoms with van der Waals surface area (Å²) in [6.45, 7) is 3.37. The van der Waals surface area contributed by atoms with Crippen molar-refractivity contribution in [2.75, 3.05) is 19.0 Å². The van der Waals surface area contributed by atoms with Crippen LogP contribution in [0.15, 0.2) is 18.2 Å². The van der Waals surface area contributed by atoms with Gasteiger partial charge in [0.1, 0.15) is 11.6 Å². The lowest BCUT2D eigenvalue weighted by atomic mass is 10.1. The molecule has 1 saturated heterocycles. The summed E-state index contributed by atoms with van der Waals surface area (Å²) in [6, 6.07) is 6.53. The largest absolute Gasteiger partial charge is 0.494 e. The number of nitrogens with zero attached hydrogens (tertiary/aromatic N) is 1. The van der Waals surface area contributed by atoms with E-state index in [9.17, 15) is 4.39 Å². The van der Waals surface area contributed by atoms with Gasteiger partial charge in [0.05, 0.1) is 12.8 Å². The van der Waals surface area contributed by atoms with Crippen molar-refractivity contribution in [1.29, 1.82) is 0 Å². The van der Waals surface area contributed by atoms with Gasteiger partial charge >= 0.3 is 0 Å². The third kappa shape index (κ3) is 2.68. The van der Waals surface area contributed by atoms with Gasteiger partial charge in [-0.1, -0.05) is 0 Å². The van der Waals surface area contributed by atoms with Gasteiger partial charge in [0, 0.05) is 30.7 Å². The van der Waals surface area contributed by atoms with Crippen molar-refractivity contribution in [3.63, 3.8) is 0 Å². The van der Waals surface area contributed by atoms with Crippen LogP contribution < -0.4 is 10.1 Å². The van der Waals surface area contributed by atoms with E-state index in [4.69, 9.17) is 4.74 Å². The number of anilines is 1. The van der Waals surface area contributed by atoms with E-state index < -0.39 is 0 Å². The van der Waals surface area contributed by atoms with Crippen molar-refractivity contribution in [2.45, 2.75) is 44.3 Å². The number of hydrogen-bond donors (Lipinski definition) is 1. The summed E-state index contributed by atoms with van der Waals surface area (Å²) in [5.41, 5.74) is 0.888. The number of benzene rings is 1. The second-order valence-electron chi connectivity index (χ2n) is 5.70. The highest BCUT2D eigenvalue weighted by molar-refractivity contribution is 5.57. The fraction of sp³-hybridized carbons (Fsp3) is 0.600. The first-order valence-corrected chi connectivity index (χ1v) is 7.03. The molecule has 1 aliphatic carbocycles. The summed E-state index contributed by atoms with van der Waals surface area (Å²) in [5.74, 6) is 0.319. The van der Waals surface area contributed by atoms with Gasteiger partial charge in [-0.15, -0.1) is 0 Å². The summed E-state index contributed by atoms with van der Waals surface area (Å²) in [4.78, 5) is 2.59. The minimum atomic E-state index is -0.262. The molecule has 2 atom stereocenters. The summed E-state index contributed by atoms with van der Waals surface area (Å²) in [7, 11) is 1.58. The van der Waals surface area contributed by atoms with Crippen molar-refractivity contribution < 1.29 is 9.13 Å². The van der Waals surface area contributed by atoms with Crippen molar-refractivity contribution in [2.24, 2.45) is 0 Å². The van der Waals surface area contributed by atoms with Crippen molar-refractivity contribution in [3.8, 4) is 5.75 Å². The third-order valence-corrected chi connectivity index (χ3v) is 4.16. The van der Waals surface area contributed by atoms with Gasteiger partial charge in [-0.05, 0) is 38.3 Å². The molecular formula is C15H21FN2O. The Morgan fingerprint density at radius 3 is 2.84 bits per heavy atom. The van der Waals surface area contributed by atoms with Crippen LogP contribution in [0.3, 0.4) is 0 Å². The Hall–Kier alpha value is -1.29. The number of ether oxygens (including phenoxy) is 1. The molecule has 0 amide bonds. The molecule has 2 fully saturated rings. The number of likely N-dealkylation sites (tertiary alicyclic amines) is 1. The molecule has 104 valence electrons. The van der Waals surface area contributed by atoms with Crippen LogP contribution in [0.5, 0.6) is 5.75 Å². The van der Waals surface area contributed by atoms with Gasteiger partial charge in [0.2, 0.25) is 0 Å². The van der Waals surface area contributed by atoms with E-state index in [-0.39, 0.29) is 5.82 Å². The van der Waals surface area contributed by atoms with Crippen LogP contribution in [0.25, 0.3) is 0 Å². The third-order valence-electron chi connectivity index (χ3n) is 4.16. The molecule has 1 N–H and O–H groups in total. The first-order chi connectivity index (χ1) is 9.17. The Morgan fingerprint density at radius 1 is 1.37 bits per heavy atom. The molecule has 4 heteroatoms. The van der Waals surface area contributed by atoms with Gasteiger partial charge in [0.15, 0.2) is 0 Å². The van der Waals surface area contributed by atoms with E-state index in [1.54, 1.807) is 13.2 Å². The Morgan fingerprint density at radius 2 is 2.16 bits per heavy atom. The van der Waals surface area contributed by atoms with Gasteiger partial charge < -0.3 is 10.1 Å². The molecule has 0 aromatic heterocycles. The van der Waals surface area contributed by atoms with Crippen LogP contribution in [0, 0.1) is 5.82 Å². The zero-order valence-electron chi connectivity index (χ0n) is 11.5. The van der Waals surface area contributed by atoms with E-state index in [0.717, 1.165) is 24.7 Å². The summed E-state index contributed by atoms with van der Waals surface area (Å²) >= 11 is 0. The molecule has 19 heavy (non-hydrogen) atoms. The summed E-state index contributed by atoms with van der Waals surface area (Å²) in [6.07, 6.45) is 3.82. The van der Waals surface area contributed by atoms with Gasteiger partial charge in [0.25, 0.3) is 0 Å². The first kappa shape index (κ1) is 12.7. The van der Waals surface area contributed by atoms with Crippen LogP contribution in [0.4, 0.5) is 10.1 Å². The zero-order valence-corrected chi connectivity index (χ0v) is 11.5. The fourth-order valence-electron chi connectivity index (χ4n) is 3.08. The molecule has 1 aliphatic heterocycles. The highest BCUT2D eigenvalue weighted by atomic mass is 19.1. The lowest BCUT2D eigenvalue weighted by molar-refractivity contribution is 0.257. The average molecular weight is 264 g/mol. The standard InChI is InChI=1S/C15H21FN2O/c1-10-7-12(9-18(10)13-4-5-13)17-14-6-3-11(16)8-15(14)19-2/h3,6,8,10,12-13,17H,4-5,7,9H2,1-2H3. The summed E-state index contributed by atoms with van der Waals surface area (Å²) in [5, 5.41) is 3.50. The predicted molar refractivity (Wildman–Crippen MR) is 74.2 cm³/mol. The maximum atomic E-state index is 13.2. The Balaban J connectivity index is 1.68. The SMILES string of the molecule is COc1cc(F)ccc1NC1CC(C)N(C2CC2)C1. The Bertz CT molecular complexity index is 461. The molecule has 1 saturated carbocycles. The van der Waals surface area contributed by atoms with Crippen LogP contribution >= 0.6 is 0 Å². The maximum absolute atomic E-state index is 13.2. The lowest BCUT2D eigenvalue weighted by Gasteiger charge is -2.20. The Kier molecular flexibility index (Phi) is 3.35. The number of halogens is 1. The highest BCUT2D eigenvalue weighted by Gasteiger charge is 2.38. The van der Waals surface area contributed by atoms with Crippen LogP contribution in [-0.4, -0.2) is 36.7 Å². The van der Waals surface area contributed by atoms with Crippen LogP contribution in [0.1, 0.15) is 26.2 Å². The van der Waals surface area contributed by atoms with Gasteiger partial charge in [-0.2, -0.15) is 0 Å². The normalized spacial score (nSPS) is 27.5. The van der Waals surface area contributed by atoms with E-state index in [1.807, 2.05) is 0 Å².